The Hall–Kier alpha value is -6.00. The number of anilines is 10. The van der Waals surface area contributed by atoms with E-state index in [1.165, 1.54) is 5.70 Å². The van der Waals surface area contributed by atoms with Gasteiger partial charge in [-0.15, -0.1) is 0 Å². The molecule has 1 heterocycles. The molecule has 0 fully saturated rings. The zero-order valence-electron chi connectivity index (χ0n) is 25.5. The first-order chi connectivity index (χ1) is 22.8. The van der Waals surface area contributed by atoms with Crippen molar-refractivity contribution in [3.05, 3.63) is 182 Å². The first-order valence-electron chi connectivity index (χ1n) is 15.8. The summed E-state index contributed by atoms with van der Waals surface area (Å²) >= 11 is 0. The van der Waals surface area contributed by atoms with E-state index < -0.39 is 0 Å². The molecule has 46 heavy (non-hydrogen) atoms. The molecule has 0 amide bonds. The van der Waals surface area contributed by atoms with Gasteiger partial charge in [-0.25, -0.2) is 0 Å². The number of allylic oxidation sites excluding steroid dienone is 3. The van der Waals surface area contributed by atoms with E-state index >= 15 is 0 Å². The van der Waals surface area contributed by atoms with Gasteiger partial charge >= 0.3 is 0 Å². The van der Waals surface area contributed by atoms with Gasteiger partial charge in [0.25, 0.3) is 0 Å². The van der Waals surface area contributed by atoms with Crippen LogP contribution < -0.4 is 20.0 Å². The third kappa shape index (κ3) is 5.42. The predicted molar refractivity (Wildman–Crippen MR) is 194 cm³/mol. The van der Waals surface area contributed by atoms with Crippen LogP contribution in [0, 0.1) is 0 Å². The highest BCUT2D eigenvalue weighted by molar-refractivity contribution is 5.86. The first kappa shape index (κ1) is 27.5. The molecule has 1 aliphatic carbocycles. The van der Waals surface area contributed by atoms with Crippen molar-refractivity contribution in [2.75, 3.05) is 20.0 Å². The van der Waals surface area contributed by atoms with E-state index in [0.717, 1.165) is 69.7 Å². The Bertz CT molecular complexity index is 2050. The van der Waals surface area contributed by atoms with Crippen molar-refractivity contribution in [1.29, 1.82) is 0 Å². The highest BCUT2D eigenvalue weighted by Gasteiger charge is 2.21. The van der Waals surface area contributed by atoms with Crippen molar-refractivity contribution < 1.29 is 0 Å². The molecule has 8 rings (SSSR count). The van der Waals surface area contributed by atoms with Gasteiger partial charge in [-0.1, -0.05) is 72.8 Å². The van der Waals surface area contributed by atoms with Crippen LogP contribution in [0.2, 0.25) is 0 Å². The molecule has 0 radical (unpaired) electrons. The third-order valence-corrected chi connectivity index (χ3v) is 8.45. The summed E-state index contributed by atoms with van der Waals surface area (Å²) in [5, 5.41) is 3.70. The van der Waals surface area contributed by atoms with E-state index in [2.05, 4.69) is 196 Å². The fourth-order valence-electron chi connectivity index (χ4n) is 6.42. The Morgan fingerprint density at radius 3 is 1.26 bits per heavy atom. The van der Waals surface area contributed by atoms with Gasteiger partial charge in [0.2, 0.25) is 0 Å². The van der Waals surface area contributed by atoms with Crippen molar-refractivity contribution in [2.24, 2.45) is 0 Å². The van der Waals surface area contributed by atoms with Crippen LogP contribution in [0.3, 0.4) is 0 Å². The van der Waals surface area contributed by atoms with E-state index in [0.29, 0.717) is 0 Å². The van der Waals surface area contributed by atoms with E-state index in [-0.39, 0.29) is 0 Å². The first-order valence-corrected chi connectivity index (χ1v) is 15.8. The molecule has 0 aromatic heterocycles. The number of hydrogen-bond acceptors (Lipinski definition) is 4. The molecule has 4 heteroatoms. The molecular weight excluding hydrogens is 560 g/mol. The van der Waals surface area contributed by atoms with Gasteiger partial charge in [0.15, 0.2) is 0 Å². The summed E-state index contributed by atoms with van der Waals surface area (Å²) in [4.78, 5) is 7.03. The Kier molecular flexibility index (Phi) is 7.29. The maximum absolute atomic E-state index is 3.70. The summed E-state index contributed by atoms with van der Waals surface area (Å²) in [5.74, 6) is 0. The van der Waals surface area contributed by atoms with Crippen LogP contribution >= 0.6 is 0 Å². The molecule has 6 aromatic carbocycles. The molecule has 8 bridgehead atoms. The number of rotatable bonds is 3. The van der Waals surface area contributed by atoms with Crippen molar-refractivity contribution in [3.63, 3.8) is 0 Å². The van der Waals surface area contributed by atoms with Crippen LogP contribution in [0.25, 0.3) is 0 Å². The Morgan fingerprint density at radius 1 is 0.370 bits per heavy atom. The lowest BCUT2D eigenvalue weighted by atomic mass is 10.1. The van der Waals surface area contributed by atoms with Crippen LogP contribution in [0.5, 0.6) is 0 Å². The zero-order valence-corrected chi connectivity index (χ0v) is 25.5. The van der Waals surface area contributed by atoms with E-state index in [4.69, 9.17) is 0 Å². The van der Waals surface area contributed by atoms with Gasteiger partial charge in [-0.05, 0) is 116 Å². The highest BCUT2D eigenvalue weighted by Crippen LogP contribution is 2.43. The summed E-state index contributed by atoms with van der Waals surface area (Å²) in [5.41, 5.74) is 11.9. The molecule has 0 saturated carbocycles. The molecule has 1 aliphatic heterocycles. The van der Waals surface area contributed by atoms with E-state index in [1.54, 1.807) is 0 Å². The fourth-order valence-corrected chi connectivity index (χ4v) is 6.42. The second kappa shape index (κ2) is 12.2. The molecule has 4 nitrogen and oxygen atoms in total. The molecule has 0 unspecified atom stereocenters. The van der Waals surface area contributed by atoms with Crippen molar-refractivity contribution in [2.45, 2.75) is 12.8 Å². The molecular formula is C42H34N4. The second-order valence-corrected chi connectivity index (χ2v) is 11.6. The summed E-state index contributed by atoms with van der Waals surface area (Å²) in [6.07, 6.45) is 8.94. The SMILES string of the molecule is C1=CC(N2c3cccc(c3)Nc3cccc(c3)N(c3ccccc3)c3cccc(c3)N(c3ccccc3)c3cccc2c3)=CCC1. The third-order valence-electron chi connectivity index (χ3n) is 8.45. The van der Waals surface area contributed by atoms with Gasteiger partial charge in [-0.2, -0.15) is 0 Å². The molecule has 1 N–H and O–H groups in total. The number of benzene rings is 6. The molecule has 0 atom stereocenters. The molecule has 2 aliphatic rings. The van der Waals surface area contributed by atoms with Gasteiger partial charge in [0.05, 0.1) is 0 Å². The fraction of sp³-hybridized carbons (Fsp3) is 0.0476. The van der Waals surface area contributed by atoms with Crippen LogP contribution in [-0.4, -0.2) is 0 Å². The normalized spacial score (nSPS) is 14.0. The highest BCUT2D eigenvalue weighted by atomic mass is 15.2. The summed E-state index contributed by atoms with van der Waals surface area (Å²) in [7, 11) is 0. The summed E-state index contributed by atoms with van der Waals surface area (Å²) in [6.45, 7) is 0. The maximum Gasteiger partial charge on any atom is 0.0482 e. The molecule has 0 saturated heterocycles. The average molecular weight is 595 g/mol. The number of fused-ring (bicyclic) bond motifs is 8. The number of nitrogens with one attached hydrogen (secondary N) is 1. The summed E-state index contributed by atoms with van der Waals surface area (Å²) < 4.78 is 0. The van der Waals surface area contributed by atoms with Crippen molar-refractivity contribution in [3.8, 4) is 0 Å². The van der Waals surface area contributed by atoms with Crippen molar-refractivity contribution >= 4 is 56.9 Å². The van der Waals surface area contributed by atoms with Gasteiger partial charge in [0.1, 0.15) is 0 Å². The standard InChI is InChI=1S/C42H34N4/c1-4-16-34(17-5-1)44-37-22-10-14-32(28-37)43-33-15-11-23-38(29-33)45(35-18-6-2-7-19-35)40-25-13-27-42(31-40)46(36-20-8-3-9-21-36)41-26-12-24-39(44)30-41/h1,3-6,8-31,43H,2,7H2. The van der Waals surface area contributed by atoms with Crippen LogP contribution in [0.4, 0.5) is 56.9 Å². The largest absolute Gasteiger partial charge is 0.355 e. The van der Waals surface area contributed by atoms with Crippen LogP contribution in [-0.2, 0) is 0 Å². The number of hydrogen-bond donors (Lipinski definition) is 1. The summed E-state index contributed by atoms with van der Waals surface area (Å²) in [6, 6.07) is 56.2. The number of nitrogens with zero attached hydrogens (tertiary/aromatic N) is 3. The van der Waals surface area contributed by atoms with E-state index in [9.17, 15) is 0 Å². The van der Waals surface area contributed by atoms with Crippen molar-refractivity contribution in [1.82, 2.24) is 0 Å². The minimum absolute atomic E-state index is 1.02. The second-order valence-electron chi connectivity index (χ2n) is 11.6. The minimum Gasteiger partial charge on any atom is -0.355 e. The molecule has 0 spiro atoms. The van der Waals surface area contributed by atoms with Gasteiger partial charge in [-0.3, -0.25) is 0 Å². The average Bonchev–Trinajstić information content (AvgIpc) is 3.11. The van der Waals surface area contributed by atoms with Crippen LogP contribution in [0.15, 0.2) is 182 Å². The Labute approximate surface area is 270 Å². The quantitative estimate of drug-likeness (QED) is 0.220. The van der Waals surface area contributed by atoms with Crippen LogP contribution in [0.1, 0.15) is 12.8 Å². The Morgan fingerprint density at radius 2 is 0.783 bits per heavy atom. The monoisotopic (exact) mass is 594 g/mol. The zero-order chi connectivity index (χ0) is 30.7. The molecule has 6 aromatic rings. The number of para-hydroxylation sites is 2. The van der Waals surface area contributed by atoms with E-state index in [1.807, 2.05) is 0 Å². The topological polar surface area (TPSA) is 21.8 Å². The maximum atomic E-state index is 3.70. The lowest BCUT2D eigenvalue weighted by Crippen LogP contribution is -2.17. The predicted octanol–water partition coefficient (Wildman–Crippen LogP) is 12.1. The smallest absolute Gasteiger partial charge is 0.0482 e. The van der Waals surface area contributed by atoms with Gasteiger partial charge in [0, 0.05) is 62.6 Å². The lowest BCUT2D eigenvalue weighted by Gasteiger charge is -2.32. The minimum atomic E-state index is 1.02. The molecule has 222 valence electrons. The lowest BCUT2D eigenvalue weighted by molar-refractivity contribution is 0.997. The van der Waals surface area contributed by atoms with Gasteiger partial charge < -0.3 is 20.0 Å². The Balaban J connectivity index is 1.39.